The molecule has 1 N–H and O–H groups in total. The van der Waals surface area contributed by atoms with Crippen molar-refractivity contribution in [1.82, 2.24) is 14.8 Å². The van der Waals surface area contributed by atoms with E-state index in [-0.39, 0.29) is 18.5 Å². The fraction of sp³-hybridized carbons (Fsp3) is 0.182. The fourth-order valence-electron chi connectivity index (χ4n) is 4.67. The van der Waals surface area contributed by atoms with Crippen LogP contribution in [-0.2, 0) is 12.8 Å². The number of para-hydroxylation sites is 1. The highest BCUT2D eigenvalue weighted by atomic mass is 35.5. The Balaban J connectivity index is 1.39. The van der Waals surface area contributed by atoms with Gasteiger partial charge in [0, 0.05) is 5.56 Å². The first-order valence-corrected chi connectivity index (χ1v) is 13.9. The molecule has 3 aromatic carbocycles. The second-order valence-corrected chi connectivity index (χ2v) is 10.6. The number of alkyl halides is 3. The Morgan fingerprint density at radius 3 is 2.39 bits per heavy atom. The molecule has 44 heavy (non-hydrogen) atoms. The Morgan fingerprint density at radius 1 is 0.977 bits per heavy atom. The number of benzene rings is 3. The van der Waals surface area contributed by atoms with E-state index >= 15 is 0 Å². The van der Waals surface area contributed by atoms with Crippen LogP contribution >= 0.6 is 11.6 Å². The maximum Gasteiger partial charge on any atom is 0.434 e. The number of hydrogen-bond donors (Lipinski definition) is 1. The van der Waals surface area contributed by atoms with Gasteiger partial charge in [-0.2, -0.15) is 18.3 Å². The highest BCUT2D eigenvalue weighted by Crippen LogP contribution is 2.35. The van der Waals surface area contributed by atoms with Crippen LogP contribution in [0.2, 0.25) is 5.02 Å². The van der Waals surface area contributed by atoms with E-state index in [9.17, 15) is 23.1 Å². The summed E-state index contributed by atoms with van der Waals surface area (Å²) in [4.78, 5) is 15.8. The molecule has 2 heterocycles. The van der Waals surface area contributed by atoms with Gasteiger partial charge in [0.15, 0.2) is 11.5 Å². The van der Waals surface area contributed by atoms with Crippen molar-refractivity contribution < 1.29 is 32.5 Å². The maximum absolute atomic E-state index is 13.8. The summed E-state index contributed by atoms with van der Waals surface area (Å²) < 4.78 is 53.7. The lowest BCUT2D eigenvalue weighted by atomic mass is 10.00. The van der Waals surface area contributed by atoms with Gasteiger partial charge in [-0.05, 0) is 79.4 Å². The highest BCUT2D eigenvalue weighted by molar-refractivity contribution is 6.32. The molecule has 0 radical (unpaired) electrons. The van der Waals surface area contributed by atoms with Crippen molar-refractivity contribution in [3.05, 3.63) is 112 Å². The number of carbonyl (C=O) groups is 1. The van der Waals surface area contributed by atoms with Gasteiger partial charge in [0.25, 0.3) is 0 Å². The van der Waals surface area contributed by atoms with Crippen LogP contribution in [0.5, 0.6) is 11.5 Å². The molecule has 11 heteroatoms. The van der Waals surface area contributed by atoms with Gasteiger partial charge in [-0.1, -0.05) is 54.1 Å². The summed E-state index contributed by atoms with van der Waals surface area (Å²) >= 11 is 6.43. The summed E-state index contributed by atoms with van der Waals surface area (Å²) in [6.07, 6.45) is -4.29. The van der Waals surface area contributed by atoms with Crippen LogP contribution in [0.25, 0.3) is 28.2 Å². The number of pyridine rings is 1. The number of carboxylic acid groups (broad SMARTS) is 1. The molecule has 0 atom stereocenters. The molecule has 0 spiro atoms. The molecule has 0 unspecified atom stereocenters. The van der Waals surface area contributed by atoms with Crippen LogP contribution in [0.3, 0.4) is 0 Å². The second kappa shape index (κ2) is 12.4. The number of aryl methyl sites for hydroxylation is 1. The van der Waals surface area contributed by atoms with Gasteiger partial charge in [0.2, 0.25) is 0 Å². The average molecular weight is 622 g/mol. The lowest BCUT2D eigenvalue weighted by Crippen LogP contribution is -2.18. The summed E-state index contributed by atoms with van der Waals surface area (Å²) in [7, 11) is 0. The summed E-state index contributed by atoms with van der Waals surface area (Å²) in [6.45, 7) is 6.08. The van der Waals surface area contributed by atoms with Crippen LogP contribution in [0.15, 0.2) is 85.1 Å². The second-order valence-electron chi connectivity index (χ2n) is 10.2. The SMILES string of the molecule is Cc1cc(-c2ccc(OC(C)C)c(Cl)c2)ccc1COc1ccccc1-c1cccc(-n2ncc(C(=O)O)c2C(F)(F)F)n1. The first-order chi connectivity index (χ1) is 20.9. The van der Waals surface area contributed by atoms with Crippen molar-refractivity contribution >= 4 is 17.6 Å². The summed E-state index contributed by atoms with van der Waals surface area (Å²) in [6, 6.07) is 23.2. The number of rotatable bonds is 9. The smallest absolute Gasteiger partial charge is 0.434 e. The van der Waals surface area contributed by atoms with E-state index in [4.69, 9.17) is 21.1 Å². The van der Waals surface area contributed by atoms with Crippen LogP contribution in [0.1, 0.15) is 41.0 Å². The summed E-state index contributed by atoms with van der Waals surface area (Å²) in [5, 5.41) is 13.5. The standard InChI is InChI=1S/C33H27ClF3N3O4/c1-19(2)44-29-14-13-22(16-26(29)34)21-11-12-23(20(3)15-21)18-43-28-9-5-4-7-24(28)27-8-6-10-30(39-27)40-31(33(35,36)37)25(17-38-40)32(41)42/h4-17,19H,18H2,1-3H3,(H,41,42). The number of hydrogen-bond acceptors (Lipinski definition) is 5. The molecule has 0 saturated carbocycles. The van der Waals surface area contributed by atoms with Crippen molar-refractivity contribution in [2.45, 2.75) is 39.7 Å². The third-order valence-corrected chi connectivity index (χ3v) is 7.03. The van der Waals surface area contributed by atoms with E-state index < -0.39 is 23.4 Å². The predicted molar refractivity (Wildman–Crippen MR) is 160 cm³/mol. The molecule has 5 rings (SSSR count). The van der Waals surface area contributed by atoms with E-state index in [1.165, 1.54) is 12.1 Å². The van der Waals surface area contributed by atoms with Crippen molar-refractivity contribution in [3.63, 3.8) is 0 Å². The third kappa shape index (κ3) is 6.55. The molecule has 0 aliphatic rings. The Labute approximate surface area is 256 Å². The lowest BCUT2D eigenvalue weighted by molar-refractivity contribution is -0.143. The summed E-state index contributed by atoms with van der Waals surface area (Å²) in [5.74, 6) is -0.829. The monoisotopic (exact) mass is 621 g/mol. The van der Waals surface area contributed by atoms with Gasteiger partial charge in [0.05, 0.1) is 23.0 Å². The van der Waals surface area contributed by atoms with Crippen LogP contribution in [-0.4, -0.2) is 31.9 Å². The third-order valence-electron chi connectivity index (χ3n) is 6.74. The first-order valence-electron chi connectivity index (χ1n) is 13.6. The van der Waals surface area contributed by atoms with Crippen molar-refractivity contribution in [1.29, 1.82) is 0 Å². The van der Waals surface area contributed by atoms with Crippen LogP contribution in [0.4, 0.5) is 13.2 Å². The molecule has 5 aromatic rings. The van der Waals surface area contributed by atoms with Gasteiger partial charge in [-0.3, -0.25) is 0 Å². The van der Waals surface area contributed by atoms with Gasteiger partial charge in [-0.15, -0.1) is 0 Å². The van der Waals surface area contributed by atoms with Crippen LogP contribution < -0.4 is 9.47 Å². The number of carboxylic acids is 1. The Morgan fingerprint density at radius 2 is 1.70 bits per heavy atom. The Bertz CT molecular complexity index is 1840. The molecular weight excluding hydrogens is 595 g/mol. The van der Waals surface area contributed by atoms with Crippen LogP contribution in [0, 0.1) is 6.92 Å². The minimum Gasteiger partial charge on any atom is -0.489 e. The average Bonchev–Trinajstić information content (AvgIpc) is 3.45. The molecule has 0 bridgehead atoms. The number of aromatic carboxylic acids is 1. The van der Waals surface area contributed by atoms with Gasteiger partial charge in [-0.25, -0.2) is 14.5 Å². The Kier molecular flexibility index (Phi) is 8.64. The van der Waals surface area contributed by atoms with Gasteiger partial charge in [0.1, 0.15) is 23.7 Å². The minimum absolute atomic E-state index is 0.00962. The molecule has 0 aliphatic heterocycles. The number of halogens is 4. The Hall–Kier alpha value is -4.83. The number of ether oxygens (including phenoxy) is 2. The highest BCUT2D eigenvalue weighted by Gasteiger charge is 2.41. The molecule has 7 nitrogen and oxygen atoms in total. The van der Waals surface area contributed by atoms with E-state index in [0.717, 1.165) is 22.3 Å². The summed E-state index contributed by atoms with van der Waals surface area (Å²) in [5.41, 5.74) is 2.34. The largest absolute Gasteiger partial charge is 0.489 e. The molecule has 0 fully saturated rings. The van der Waals surface area contributed by atoms with Crippen molar-refractivity contribution in [2.75, 3.05) is 0 Å². The van der Waals surface area contributed by atoms with E-state index in [1.54, 1.807) is 30.3 Å². The molecule has 0 aliphatic carbocycles. The molecule has 2 aromatic heterocycles. The molecule has 226 valence electrons. The predicted octanol–water partition coefficient (Wildman–Crippen LogP) is 8.65. The number of aromatic nitrogens is 3. The topological polar surface area (TPSA) is 86.5 Å². The van der Waals surface area contributed by atoms with Gasteiger partial charge < -0.3 is 14.6 Å². The zero-order valence-corrected chi connectivity index (χ0v) is 24.6. The molecular formula is C33H27ClF3N3O4. The maximum atomic E-state index is 13.8. The van der Waals surface area contributed by atoms with Crippen molar-refractivity contribution in [2.24, 2.45) is 0 Å². The van der Waals surface area contributed by atoms with E-state index in [1.807, 2.05) is 57.2 Å². The lowest BCUT2D eigenvalue weighted by Gasteiger charge is -2.15. The van der Waals surface area contributed by atoms with Gasteiger partial charge >= 0.3 is 12.1 Å². The quantitative estimate of drug-likeness (QED) is 0.177. The van der Waals surface area contributed by atoms with E-state index in [2.05, 4.69) is 10.1 Å². The first kappa shape index (κ1) is 30.6. The van der Waals surface area contributed by atoms with E-state index in [0.29, 0.717) is 38.7 Å². The molecule has 0 amide bonds. The minimum atomic E-state index is -4.96. The normalized spacial score (nSPS) is 11.5. The zero-order valence-electron chi connectivity index (χ0n) is 23.9. The molecule has 0 saturated heterocycles. The fourth-order valence-corrected chi connectivity index (χ4v) is 4.89. The number of nitrogens with zero attached hydrogens (tertiary/aromatic N) is 3. The zero-order chi connectivity index (χ0) is 31.6. The van der Waals surface area contributed by atoms with Crippen molar-refractivity contribution in [3.8, 4) is 39.7 Å².